The van der Waals surface area contributed by atoms with E-state index in [0.29, 0.717) is 24.0 Å². The molecule has 0 aliphatic rings. The minimum absolute atomic E-state index is 0.0837. The van der Waals surface area contributed by atoms with E-state index in [2.05, 4.69) is 20.3 Å². The SMILES string of the molecule is CC(=O)CN(C)c1cc(Nc2ccccn2)ncn1. The number of anilines is 3. The van der Waals surface area contributed by atoms with E-state index in [1.165, 1.54) is 6.33 Å². The largest absolute Gasteiger partial charge is 0.352 e. The second kappa shape index (κ2) is 5.90. The molecule has 98 valence electrons. The van der Waals surface area contributed by atoms with Crippen LogP contribution in [0.3, 0.4) is 0 Å². The fourth-order valence-corrected chi connectivity index (χ4v) is 1.61. The fraction of sp³-hybridized carbons (Fsp3) is 0.231. The van der Waals surface area contributed by atoms with Crippen LogP contribution in [0.5, 0.6) is 0 Å². The summed E-state index contributed by atoms with van der Waals surface area (Å²) in [6.07, 6.45) is 3.16. The standard InChI is InChI=1S/C13H15N5O/c1-10(19)8-18(2)13-7-12(15-9-16-13)17-11-5-3-4-6-14-11/h3-7,9H,8H2,1-2H3,(H,14,15,16,17). The Hall–Kier alpha value is -2.50. The lowest BCUT2D eigenvalue weighted by atomic mass is 10.4. The molecule has 0 aromatic carbocycles. The van der Waals surface area contributed by atoms with Gasteiger partial charge in [0.15, 0.2) is 0 Å². The number of nitrogens with zero attached hydrogens (tertiary/aromatic N) is 4. The molecule has 0 aliphatic heterocycles. The number of ketones is 1. The molecule has 2 rings (SSSR count). The van der Waals surface area contributed by atoms with Crippen molar-refractivity contribution in [3.05, 3.63) is 36.8 Å². The average molecular weight is 257 g/mol. The molecule has 2 aromatic rings. The van der Waals surface area contributed by atoms with E-state index >= 15 is 0 Å². The van der Waals surface area contributed by atoms with Gasteiger partial charge in [0.05, 0.1) is 6.54 Å². The normalized spacial score (nSPS) is 10.0. The minimum Gasteiger partial charge on any atom is -0.352 e. The first-order valence-corrected chi connectivity index (χ1v) is 5.86. The van der Waals surface area contributed by atoms with Gasteiger partial charge in [-0.3, -0.25) is 4.79 Å². The molecule has 2 heterocycles. The number of nitrogens with one attached hydrogen (secondary N) is 1. The van der Waals surface area contributed by atoms with Gasteiger partial charge in [-0.1, -0.05) is 6.07 Å². The van der Waals surface area contributed by atoms with Gasteiger partial charge in [0.2, 0.25) is 0 Å². The van der Waals surface area contributed by atoms with E-state index in [4.69, 9.17) is 0 Å². The van der Waals surface area contributed by atoms with Gasteiger partial charge in [-0.05, 0) is 19.1 Å². The molecule has 19 heavy (non-hydrogen) atoms. The fourth-order valence-electron chi connectivity index (χ4n) is 1.61. The average Bonchev–Trinajstić information content (AvgIpc) is 2.39. The number of Topliss-reactive ketones (excluding diaryl/α,β-unsaturated/α-hetero) is 1. The molecule has 0 fully saturated rings. The van der Waals surface area contributed by atoms with Gasteiger partial charge in [-0.25, -0.2) is 15.0 Å². The Balaban J connectivity index is 2.13. The maximum atomic E-state index is 11.1. The molecule has 0 amide bonds. The van der Waals surface area contributed by atoms with Crippen molar-refractivity contribution >= 4 is 23.2 Å². The predicted octanol–water partition coefficient (Wildman–Crippen LogP) is 1.64. The monoisotopic (exact) mass is 257 g/mol. The number of carbonyl (C=O) groups is 1. The quantitative estimate of drug-likeness (QED) is 0.878. The Morgan fingerprint density at radius 3 is 2.79 bits per heavy atom. The molecule has 6 heteroatoms. The third-order valence-corrected chi connectivity index (χ3v) is 2.42. The first-order chi connectivity index (χ1) is 9.15. The number of aromatic nitrogens is 3. The molecule has 0 bridgehead atoms. The molecule has 1 N–H and O–H groups in total. The maximum Gasteiger partial charge on any atom is 0.149 e. The van der Waals surface area contributed by atoms with E-state index in [1.54, 1.807) is 24.1 Å². The van der Waals surface area contributed by atoms with Crippen LogP contribution in [0, 0.1) is 0 Å². The highest BCUT2D eigenvalue weighted by atomic mass is 16.1. The third kappa shape index (κ3) is 3.74. The molecular formula is C13H15N5O. The van der Waals surface area contributed by atoms with Crippen LogP contribution in [0.25, 0.3) is 0 Å². The van der Waals surface area contributed by atoms with E-state index in [1.807, 2.05) is 25.2 Å². The predicted molar refractivity (Wildman–Crippen MR) is 73.5 cm³/mol. The number of carbonyl (C=O) groups excluding carboxylic acids is 1. The zero-order chi connectivity index (χ0) is 13.7. The van der Waals surface area contributed by atoms with Gasteiger partial charge in [0.1, 0.15) is 29.6 Å². The van der Waals surface area contributed by atoms with Crippen LogP contribution in [-0.2, 0) is 4.79 Å². The van der Waals surface area contributed by atoms with Crippen LogP contribution < -0.4 is 10.2 Å². The van der Waals surface area contributed by atoms with Gasteiger partial charge >= 0.3 is 0 Å². The Morgan fingerprint density at radius 2 is 2.11 bits per heavy atom. The molecule has 2 aromatic heterocycles. The van der Waals surface area contributed by atoms with E-state index in [-0.39, 0.29) is 5.78 Å². The summed E-state index contributed by atoms with van der Waals surface area (Å²) in [4.78, 5) is 25.3. The van der Waals surface area contributed by atoms with Crippen LogP contribution in [0.15, 0.2) is 36.8 Å². The van der Waals surface area contributed by atoms with E-state index < -0.39 is 0 Å². The highest BCUT2D eigenvalue weighted by molar-refractivity contribution is 5.80. The summed E-state index contributed by atoms with van der Waals surface area (Å²) in [7, 11) is 1.81. The van der Waals surface area contributed by atoms with Crippen LogP contribution in [-0.4, -0.2) is 34.3 Å². The molecule has 0 saturated carbocycles. The Kier molecular flexibility index (Phi) is 4.02. The summed E-state index contributed by atoms with van der Waals surface area (Å²) in [5, 5.41) is 3.08. The Morgan fingerprint density at radius 1 is 1.26 bits per heavy atom. The molecule has 0 radical (unpaired) electrons. The highest BCUT2D eigenvalue weighted by Crippen LogP contribution is 2.15. The van der Waals surface area contributed by atoms with E-state index in [0.717, 1.165) is 0 Å². The van der Waals surface area contributed by atoms with Gasteiger partial charge in [-0.15, -0.1) is 0 Å². The lowest BCUT2D eigenvalue weighted by Gasteiger charge is -2.16. The molecule has 0 unspecified atom stereocenters. The lowest BCUT2D eigenvalue weighted by molar-refractivity contribution is -0.115. The van der Waals surface area contributed by atoms with Gasteiger partial charge in [-0.2, -0.15) is 0 Å². The lowest BCUT2D eigenvalue weighted by Crippen LogP contribution is -2.24. The molecule has 0 saturated heterocycles. The van der Waals surface area contributed by atoms with Crippen molar-refractivity contribution in [1.29, 1.82) is 0 Å². The maximum absolute atomic E-state index is 11.1. The van der Waals surface area contributed by atoms with Crippen molar-refractivity contribution in [2.75, 3.05) is 23.8 Å². The van der Waals surface area contributed by atoms with Crippen molar-refractivity contribution in [3.63, 3.8) is 0 Å². The van der Waals surface area contributed by atoms with E-state index in [9.17, 15) is 4.79 Å². The second-order valence-electron chi connectivity index (χ2n) is 4.16. The van der Waals surface area contributed by atoms with Gasteiger partial charge < -0.3 is 10.2 Å². The van der Waals surface area contributed by atoms with Gasteiger partial charge in [0, 0.05) is 19.3 Å². The first kappa shape index (κ1) is 12.9. The smallest absolute Gasteiger partial charge is 0.149 e. The Labute approximate surface area is 111 Å². The zero-order valence-corrected chi connectivity index (χ0v) is 10.9. The summed E-state index contributed by atoms with van der Waals surface area (Å²) in [6, 6.07) is 7.36. The number of rotatable bonds is 5. The molecule has 6 nitrogen and oxygen atoms in total. The summed E-state index contributed by atoms with van der Waals surface area (Å²) >= 11 is 0. The Bertz CT molecular complexity index is 558. The number of pyridine rings is 1. The van der Waals surface area contributed by atoms with Crippen molar-refractivity contribution < 1.29 is 4.79 Å². The molecule has 0 aliphatic carbocycles. The van der Waals surface area contributed by atoms with Crippen LogP contribution in [0.1, 0.15) is 6.92 Å². The van der Waals surface area contributed by atoms with Crippen LogP contribution in [0.2, 0.25) is 0 Å². The summed E-state index contributed by atoms with van der Waals surface area (Å²) in [6.45, 7) is 1.87. The second-order valence-corrected chi connectivity index (χ2v) is 4.16. The zero-order valence-electron chi connectivity index (χ0n) is 10.9. The highest BCUT2D eigenvalue weighted by Gasteiger charge is 2.06. The summed E-state index contributed by atoms with van der Waals surface area (Å²) in [5.41, 5.74) is 0. The number of hydrogen-bond acceptors (Lipinski definition) is 6. The summed E-state index contributed by atoms with van der Waals surface area (Å²) in [5.74, 6) is 2.12. The van der Waals surface area contributed by atoms with Gasteiger partial charge in [0.25, 0.3) is 0 Å². The van der Waals surface area contributed by atoms with Crippen LogP contribution >= 0.6 is 0 Å². The van der Waals surface area contributed by atoms with Crippen molar-refractivity contribution in [2.45, 2.75) is 6.92 Å². The molecule has 0 spiro atoms. The first-order valence-electron chi connectivity index (χ1n) is 5.86. The van der Waals surface area contributed by atoms with Crippen LogP contribution in [0.4, 0.5) is 17.5 Å². The van der Waals surface area contributed by atoms with Crippen molar-refractivity contribution in [1.82, 2.24) is 15.0 Å². The van der Waals surface area contributed by atoms with Crippen molar-refractivity contribution in [3.8, 4) is 0 Å². The minimum atomic E-state index is 0.0837. The van der Waals surface area contributed by atoms with Crippen molar-refractivity contribution in [2.24, 2.45) is 0 Å². The topological polar surface area (TPSA) is 71.0 Å². The molecule has 0 atom stereocenters. The number of hydrogen-bond donors (Lipinski definition) is 1. The third-order valence-electron chi connectivity index (χ3n) is 2.42. The summed E-state index contributed by atoms with van der Waals surface area (Å²) < 4.78 is 0. The molecular weight excluding hydrogens is 242 g/mol. The number of likely N-dealkylation sites (N-methyl/N-ethyl adjacent to an activating group) is 1.